The molecule has 5 nitrogen and oxygen atoms in total. The number of carboxylic acid groups (broad SMARTS) is 1. The van der Waals surface area contributed by atoms with Crippen molar-refractivity contribution in [2.24, 2.45) is 11.1 Å². The van der Waals surface area contributed by atoms with Crippen molar-refractivity contribution in [3.05, 3.63) is 41.5 Å². The Kier molecular flexibility index (Phi) is 6.83. The molecule has 1 heterocycles. The SMILES string of the molecule is O=C(O)[C@@H]1CCCN(CCO/N=C2\CCCC\C2=C\c2ccccc2)C1. The summed E-state index contributed by atoms with van der Waals surface area (Å²) in [5.41, 5.74) is 3.53. The molecular formula is C21H28N2O3. The van der Waals surface area contributed by atoms with E-state index in [-0.39, 0.29) is 5.92 Å². The molecule has 140 valence electrons. The van der Waals surface area contributed by atoms with Gasteiger partial charge >= 0.3 is 5.97 Å². The maximum Gasteiger partial charge on any atom is 0.307 e. The molecule has 0 bridgehead atoms. The minimum Gasteiger partial charge on any atom is -0.481 e. The Morgan fingerprint density at radius 2 is 2.04 bits per heavy atom. The van der Waals surface area contributed by atoms with E-state index in [9.17, 15) is 4.79 Å². The summed E-state index contributed by atoms with van der Waals surface area (Å²) in [6, 6.07) is 10.3. The van der Waals surface area contributed by atoms with Crippen molar-refractivity contribution in [1.29, 1.82) is 0 Å². The van der Waals surface area contributed by atoms with Crippen molar-refractivity contribution in [2.75, 3.05) is 26.2 Å². The van der Waals surface area contributed by atoms with Crippen LogP contribution in [0.25, 0.3) is 6.08 Å². The van der Waals surface area contributed by atoms with Crippen molar-refractivity contribution < 1.29 is 14.7 Å². The summed E-state index contributed by atoms with van der Waals surface area (Å²) >= 11 is 0. The van der Waals surface area contributed by atoms with Gasteiger partial charge in [0, 0.05) is 13.1 Å². The molecule has 1 N–H and O–H groups in total. The number of nitrogens with zero attached hydrogens (tertiary/aromatic N) is 2. The Morgan fingerprint density at radius 1 is 1.23 bits per heavy atom. The normalized spacial score (nSPS) is 24.7. The van der Waals surface area contributed by atoms with Gasteiger partial charge in [-0.25, -0.2) is 0 Å². The summed E-state index contributed by atoms with van der Waals surface area (Å²) in [5.74, 6) is -0.928. The van der Waals surface area contributed by atoms with Gasteiger partial charge in [0.1, 0.15) is 6.61 Å². The molecule has 0 amide bonds. The molecule has 2 aliphatic rings. The van der Waals surface area contributed by atoms with Gasteiger partial charge in [0.25, 0.3) is 0 Å². The van der Waals surface area contributed by atoms with Crippen LogP contribution in [0.15, 0.2) is 41.1 Å². The number of aliphatic carboxylic acids is 1. The maximum atomic E-state index is 11.1. The number of carbonyl (C=O) groups is 1. The standard InChI is InChI=1S/C21H28N2O3/c24-21(25)19-10-6-12-23(16-19)13-14-26-22-20-11-5-4-9-18(20)15-17-7-2-1-3-8-17/h1-3,7-8,15,19H,4-6,9-14,16H2,(H,24,25)/b18-15-,22-20+/t19-/m1/s1. The Hall–Kier alpha value is -2.14. The molecular weight excluding hydrogens is 328 g/mol. The number of hydrogen-bond acceptors (Lipinski definition) is 4. The van der Waals surface area contributed by atoms with E-state index in [2.05, 4.69) is 28.3 Å². The number of likely N-dealkylation sites (tertiary alicyclic amines) is 1. The summed E-state index contributed by atoms with van der Waals surface area (Å²) < 4.78 is 0. The third kappa shape index (κ3) is 5.43. The first kappa shape index (κ1) is 18.6. The highest BCUT2D eigenvalue weighted by Crippen LogP contribution is 2.23. The average molecular weight is 356 g/mol. The molecule has 1 saturated carbocycles. The van der Waals surface area contributed by atoms with Gasteiger partial charge in [0.2, 0.25) is 0 Å². The molecule has 3 rings (SSSR count). The van der Waals surface area contributed by atoms with Gasteiger partial charge in [0.05, 0.1) is 11.6 Å². The van der Waals surface area contributed by atoms with E-state index < -0.39 is 5.97 Å². The minimum atomic E-state index is -0.686. The molecule has 5 heteroatoms. The average Bonchev–Trinajstić information content (AvgIpc) is 2.67. The number of hydrogen-bond donors (Lipinski definition) is 1. The third-order valence-corrected chi connectivity index (χ3v) is 5.15. The number of piperidine rings is 1. The molecule has 1 aliphatic carbocycles. The molecule has 1 aliphatic heterocycles. The highest BCUT2D eigenvalue weighted by molar-refractivity contribution is 6.03. The molecule has 1 saturated heterocycles. The quantitative estimate of drug-likeness (QED) is 0.622. The van der Waals surface area contributed by atoms with Crippen molar-refractivity contribution in [3.63, 3.8) is 0 Å². The van der Waals surface area contributed by atoms with Crippen molar-refractivity contribution in [2.45, 2.75) is 38.5 Å². The van der Waals surface area contributed by atoms with Crippen LogP contribution in [0.3, 0.4) is 0 Å². The first-order valence-corrected chi connectivity index (χ1v) is 9.62. The molecule has 0 spiro atoms. The summed E-state index contributed by atoms with van der Waals surface area (Å²) in [4.78, 5) is 18.9. The van der Waals surface area contributed by atoms with Crippen LogP contribution in [0.2, 0.25) is 0 Å². The zero-order valence-corrected chi connectivity index (χ0v) is 15.3. The lowest BCUT2D eigenvalue weighted by atomic mass is 9.91. The smallest absolute Gasteiger partial charge is 0.307 e. The van der Waals surface area contributed by atoms with Crippen LogP contribution >= 0.6 is 0 Å². The van der Waals surface area contributed by atoms with Crippen molar-refractivity contribution >= 4 is 17.8 Å². The van der Waals surface area contributed by atoms with Crippen LogP contribution in [0, 0.1) is 5.92 Å². The molecule has 0 unspecified atom stereocenters. The van der Waals surface area contributed by atoms with Gasteiger partial charge in [0.15, 0.2) is 0 Å². The van der Waals surface area contributed by atoms with Crippen LogP contribution in [0.4, 0.5) is 0 Å². The molecule has 1 atom stereocenters. The van der Waals surface area contributed by atoms with Gasteiger partial charge < -0.3 is 9.94 Å². The maximum absolute atomic E-state index is 11.1. The van der Waals surface area contributed by atoms with E-state index in [0.29, 0.717) is 13.2 Å². The van der Waals surface area contributed by atoms with E-state index in [1.165, 1.54) is 17.6 Å². The fourth-order valence-corrected chi connectivity index (χ4v) is 3.68. The third-order valence-electron chi connectivity index (χ3n) is 5.15. The van der Waals surface area contributed by atoms with Gasteiger partial charge in [-0.2, -0.15) is 0 Å². The van der Waals surface area contributed by atoms with Gasteiger partial charge in [-0.3, -0.25) is 9.69 Å². The summed E-state index contributed by atoms with van der Waals surface area (Å²) in [6.45, 7) is 2.81. The summed E-state index contributed by atoms with van der Waals surface area (Å²) in [7, 11) is 0. The fourth-order valence-electron chi connectivity index (χ4n) is 3.68. The van der Waals surface area contributed by atoms with E-state index in [0.717, 1.165) is 50.9 Å². The topological polar surface area (TPSA) is 62.1 Å². The van der Waals surface area contributed by atoms with E-state index >= 15 is 0 Å². The predicted octanol–water partition coefficient (Wildman–Crippen LogP) is 3.81. The van der Waals surface area contributed by atoms with Gasteiger partial charge in [-0.15, -0.1) is 0 Å². The second kappa shape index (κ2) is 9.53. The highest BCUT2D eigenvalue weighted by atomic mass is 16.6. The number of benzene rings is 1. The second-order valence-electron chi connectivity index (χ2n) is 7.14. The monoisotopic (exact) mass is 356 g/mol. The lowest BCUT2D eigenvalue weighted by Gasteiger charge is -2.30. The van der Waals surface area contributed by atoms with Gasteiger partial charge in [-0.05, 0) is 62.3 Å². The first-order valence-electron chi connectivity index (χ1n) is 9.62. The highest BCUT2D eigenvalue weighted by Gasteiger charge is 2.25. The summed E-state index contributed by atoms with van der Waals surface area (Å²) in [6.07, 6.45) is 8.29. The zero-order valence-electron chi connectivity index (χ0n) is 15.3. The molecule has 1 aromatic rings. The number of oxime groups is 1. The van der Waals surface area contributed by atoms with Crippen molar-refractivity contribution in [1.82, 2.24) is 4.90 Å². The molecule has 1 aromatic carbocycles. The molecule has 26 heavy (non-hydrogen) atoms. The molecule has 2 fully saturated rings. The number of allylic oxidation sites excluding steroid dienone is 1. The molecule has 0 radical (unpaired) electrons. The van der Waals surface area contributed by atoms with E-state index in [4.69, 9.17) is 9.94 Å². The van der Waals surface area contributed by atoms with Crippen LogP contribution in [0.1, 0.15) is 44.1 Å². The fraction of sp³-hybridized carbons (Fsp3) is 0.524. The largest absolute Gasteiger partial charge is 0.481 e. The predicted molar refractivity (Wildman–Crippen MR) is 103 cm³/mol. The first-order chi connectivity index (χ1) is 12.7. The Balaban J connectivity index is 1.52. The zero-order chi connectivity index (χ0) is 18.2. The minimum absolute atomic E-state index is 0.242. The van der Waals surface area contributed by atoms with Gasteiger partial charge in [-0.1, -0.05) is 35.5 Å². The van der Waals surface area contributed by atoms with Crippen LogP contribution < -0.4 is 0 Å². The Bertz CT molecular complexity index is 654. The lowest BCUT2D eigenvalue weighted by molar-refractivity contribution is -0.143. The summed E-state index contributed by atoms with van der Waals surface area (Å²) in [5, 5.41) is 13.6. The van der Waals surface area contributed by atoms with Crippen LogP contribution in [0.5, 0.6) is 0 Å². The lowest BCUT2D eigenvalue weighted by Crippen LogP contribution is -2.40. The van der Waals surface area contributed by atoms with E-state index in [1.807, 2.05) is 18.2 Å². The Morgan fingerprint density at radius 3 is 2.85 bits per heavy atom. The van der Waals surface area contributed by atoms with Crippen LogP contribution in [-0.4, -0.2) is 47.9 Å². The number of rotatable bonds is 6. The van der Waals surface area contributed by atoms with Crippen LogP contribution in [-0.2, 0) is 9.63 Å². The van der Waals surface area contributed by atoms with E-state index in [1.54, 1.807) is 0 Å². The second-order valence-corrected chi connectivity index (χ2v) is 7.14. The Labute approximate surface area is 155 Å². The van der Waals surface area contributed by atoms with Crippen molar-refractivity contribution in [3.8, 4) is 0 Å². The molecule has 0 aromatic heterocycles. The number of carboxylic acids is 1.